The quantitative estimate of drug-likeness (QED) is 0.798. The maximum atomic E-state index is 12.3. The van der Waals surface area contributed by atoms with Crippen LogP contribution in [0.5, 0.6) is 0 Å². The molecule has 1 amide bonds. The zero-order valence-electron chi connectivity index (χ0n) is 15.5. The standard InChI is InChI=1S/C21H26N2O3/c1-14-7-6-8-16(11-14)21-23-19(15(2)26-21)12-18(24)13-20(25)22-17-9-4-3-5-10-17/h6-8,11,17H,3-5,9-10,12-13H2,1-2H3,(H,22,25). The molecule has 1 saturated carbocycles. The van der Waals surface area contributed by atoms with Crippen molar-refractivity contribution >= 4 is 11.7 Å². The number of amides is 1. The van der Waals surface area contributed by atoms with E-state index in [1.165, 1.54) is 6.42 Å². The fourth-order valence-electron chi connectivity index (χ4n) is 3.45. The lowest BCUT2D eigenvalue weighted by atomic mass is 9.95. The van der Waals surface area contributed by atoms with Crippen LogP contribution >= 0.6 is 0 Å². The van der Waals surface area contributed by atoms with Crippen LogP contribution in [0.15, 0.2) is 28.7 Å². The number of benzene rings is 1. The third-order valence-corrected chi connectivity index (χ3v) is 4.85. The maximum Gasteiger partial charge on any atom is 0.227 e. The summed E-state index contributed by atoms with van der Waals surface area (Å²) in [5.74, 6) is 0.829. The van der Waals surface area contributed by atoms with Crippen LogP contribution in [0.3, 0.4) is 0 Å². The van der Waals surface area contributed by atoms with E-state index in [1.807, 2.05) is 31.2 Å². The van der Waals surface area contributed by atoms with Crippen molar-refractivity contribution in [3.05, 3.63) is 41.3 Å². The van der Waals surface area contributed by atoms with Gasteiger partial charge in [0, 0.05) is 11.6 Å². The Hall–Kier alpha value is -2.43. The zero-order valence-corrected chi connectivity index (χ0v) is 15.5. The minimum Gasteiger partial charge on any atom is -0.441 e. The van der Waals surface area contributed by atoms with Gasteiger partial charge in [0.05, 0.1) is 18.5 Å². The molecule has 5 nitrogen and oxygen atoms in total. The summed E-state index contributed by atoms with van der Waals surface area (Å²) in [5, 5.41) is 2.98. The fraction of sp³-hybridized carbons (Fsp3) is 0.476. The molecule has 1 N–H and O–H groups in total. The molecule has 138 valence electrons. The summed E-state index contributed by atoms with van der Waals surface area (Å²) in [5.41, 5.74) is 2.62. The number of rotatable bonds is 6. The number of Topliss-reactive ketones (excluding diaryl/α,β-unsaturated/α-hetero) is 1. The van der Waals surface area contributed by atoms with Crippen LogP contribution in [0.1, 0.15) is 55.5 Å². The third-order valence-electron chi connectivity index (χ3n) is 4.85. The number of ketones is 1. The molecule has 0 aliphatic heterocycles. The van der Waals surface area contributed by atoms with E-state index in [-0.39, 0.29) is 30.6 Å². The SMILES string of the molecule is Cc1cccc(-c2nc(CC(=O)CC(=O)NC3CCCCC3)c(C)o2)c1. The molecule has 0 atom stereocenters. The highest BCUT2D eigenvalue weighted by Gasteiger charge is 2.20. The summed E-state index contributed by atoms with van der Waals surface area (Å²) in [6.45, 7) is 3.81. The molecule has 2 aromatic rings. The van der Waals surface area contributed by atoms with Crippen molar-refractivity contribution in [1.29, 1.82) is 0 Å². The van der Waals surface area contributed by atoms with E-state index >= 15 is 0 Å². The number of nitrogens with one attached hydrogen (secondary N) is 1. The highest BCUT2D eigenvalue weighted by Crippen LogP contribution is 2.23. The van der Waals surface area contributed by atoms with Gasteiger partial charge in [-0.2, -0.15) is 0 Å². The van der Waals surface area contributed by atoms with Crippen LogP contribution < -0.4 is 5.32 Å². The molecule has 1 aromatic heterocycles. The first-order chi connectivity index (χ1) is 12.5. The number of aryl methyl sites for hydroxylation is 2. The van der Waals surface area contributed by atoms with Gasteiger partial charge >= 0.3 is 0 Å². The second-order valence-electron chi connectivity index (χ2n) is 7.19. The molecule has 0 unspecified atom stereocenters. The van der Waals surface area contributed by atoms with Gasteiger partial charge in [-0.1, -0.05) is 37.0 Å². The summed E-state index contributed by atoms with van der Waals surface area (Å²) in [6, 6.07) is 8.11. The lowest BCUT2D eigenvalue weighted by Crippen LogP contribution is -2.37. The topological polar surface area (TPSA) is 72.2 Å². The average molecular weight is 354 g/mol. The van der Waals surface area contributed by atoms with Crippen LogP contribution in [0.4, 0.5) is 0 Å². The first-order valence-electron chi connectivity index (χ1n) is 9.35. The number of carbonyl (C=O) groups excluding carboxylic acids is 2. The van der Waals surface area contributed by atoms with Gasteiger partial charge in [-0.05, 0) is 38.8 Å². The number of carbonyl (C=O) groups is 2. The van der Waals surface area contributed by atoms with Crippen molar-refractivity contribution in [2.24, 2.45) is 0 Å². The fourth-order valence-corrected chi connectivity index (χ4v) is 3.45. The Balaban J connectivity index is 1.58. The van der Waals surface area contributed by atoms with E-state index in [4.69, 9.17) is 4.42 Å². The second-order valence-corrected chi connectivity index (χ2v) is 7.19. The van der Waals surface area contributed by atoms with E-state index in [9.17, 15) is 9.59 Å². The summed E-state index contributed by atoms with van der Waals surface area (Å²) in [4.78, 5) is 28.8. The monoisotopic (exact) mass is 354 g/mol. The van der Waals surface area contributed by atoms with E-state index in [2.05, 4.69) is 10.3 Å². The predicted molar refractivity (Wildman–Crippen MR) is 99.8 cm³/mol. The minimum atomic E-state index is -0.179. The smallest absolute Gasteiger partial charge is 0.227 e. The summed E-state index contributed by atoms with van der Waals surface area (Å²) < 4.78 is 5.72. The first kappa shape index (κ1) is 18.4. The van der Waals surface area contributed by atoms with Crippen molar-refractivity contribution < 1.29 is 14.0 Å². The number of aromatic nitrogens is 1. The normalized spacial score (nSPS) is 15.0. The Labute approximate surface area is 154 Å². The van der Waals surface area contributed by atoms with Gasteiger partial charge < -0.3 is 9.73 Å². The van der Waals surface area contributed by atoms with Gasteiger partial charge in [-0.3, -0.25) is 9.59 Å². The summed E-state index contributed by atoms with van der Waals surface area (Å²) in [7, 11) is 0. The molecule has 26 heavy (non-hydrogen) atoms. The number of hydrogen-bond donors (Lipinski definition) is 1. The Kier molecular flexibility index (Phi) is 5.86. The molecule has 3 rings (SSSR count). The molecule has 1 aliphatic rings. The molecular weight excluding hydrogens is 328 g/mol. The van der Waals surface area contributed by atoms with Gasteiger partial charge in [0.15, 0.2) is 0 Å². The molecule has 1 aromatic carbocycles. The van der Waals surface area contributed by atoms with Crippen molar-refractivity contribution in [3.8, 4) is 11.5 Å². The Morgan fingerprint density at radius 1 is 1.19 bits per heavy atom. The van der Waals surface area contributed by atoms with Crippen LogP contribution in [0, 0.1) is 13.8 Å². The lowest BCUT2D eigenvalue weighted by Gasteiger charge is -2.22. The highest BCUT2D eigenvalue weighted by atomic mass is 16.4. The van der Waals surface area contributed by atoms with Gasteiger partial charge in [-0.15, -0.1) is 0 Å². The maximum absolute atomic E-state index is 12.3. The predicted octanol–water partition coefficient (Wildman–Crippen LogP) is 3.91. The highest BCUT2D eigenvalue weighted by molar-refractivity contribution is 5.98. The number of nitrogens with zero attached hydrogens (tertiary/aromatic N) is 1. The minimum absolute atomic E-state index is 0.0947. The molecule has 0 radical (unpaired) electrons. The summed E-state index contributed by atoms with van der Waals surface area (Å²) >= 11 is 0. The lowest BCUT2D eigenvalue weighted by molar-refractivity contribution is -0.128. The molecule has 1 heterocycles. The second kappa shape index (κ2) is 8.30. The molecular formula is C21H26N2O3. The van der Waals surface area contributed by atoms with Crippen LogP contribution in [-0.2, 0) is 16.0 Å². The molecule has 0 saturated heterocycles. The van der Waals surface area contributed by atoms with E-state index in [0.717, 1.165) is 36.8 Å². The molecule has 1 aliphatic carbocycles. The third kappa shape index (κ3) is 4.81. The van der Waals surface area contributed by atoms with Crippen LogP contribution in [0.25, 0.3) is 11.5 Å². The first-order valence-corrected chi connectivity index (χ1v) is 9.35. The number of hydrogen-bond acceptors (Lipinski definition) is 4. The van der Waals surface area contributed by atoms with E-state index < -0.39 is 0 Å². The van der Waals surface area contributed by atoms with E-state index in [1.54, 1.807) is 6.92 Å². The molecule has 5 heteroatoms. The molecule has 0 spiro atoms. The van der Waals surface area contributed by atoms with Crippen LogP contribution in [0.2, 0.25) is 0 Å². The molecule has 1 fully saturated rings. The van der Waals surface area contributed by atoms with E-state index in [0.29, 0.717) is 17.3 Å². The Bertz CT molecular complexity index is 788. The Morgan fingerprint density at radius 2 is 1.96 bits per heavy atom. The van der Waals surface area contributed by atoms with Crippen molar-refractivity contribution in [1.82, 2.24) is 10.3 Å². The van der Waals surface area contributed by atoms with Crippen molar-refractivity contribution in [2.45, 2.75) is 64.8 Å². The van der Waals surface area contributed by atoms with Gasteiger partial charge in [-0.25, -0.2) is 4.98 Å². The number of oxazole rings is 1. The van der Waals surface area contributed by atoms with Gasteiger partial charge in [0.25, 0.3) is 0 Å². The summed E-state index contributed by atoms with van der Waals surface area (Å²) in [6.07, 6.45) is 5.60. The molecule has 0 bridgehead atoms. The average Bonchev–Trinajstić information content (AvgIpc) is 2.96. The largest absolute Gasteiger partial charge is 0.441 e. The zero-order chi connectivity index (χ0) is 18.5. The van der Waals surface area contributed by atoms with Gasteiger partial charge in [0.1, 0.15) is 11.5 Å². The Morgan fingerprint density at radius 3 is 2.69 bits per heavy atom. The van der Waals surface area contributed by atoms with Crippen molar-refractivity contribution in [3.63, 3.8) is 0 Å². The van der Waals surface area contributed by atoms with Crippen LogP contribution in [-0.4, -0.2) is 22.7 Å². The van der Waals surface area contributed by atoms with Crippen molar-refractivity contribution in [2.75, 3.05) is 0 Å². The van der Waals surface area contributed by atoms with Gasteiger partial charge in [0.2, 0.25) is 11.8 Å².